The predicted molar refractivity (Wildman–Crippen MR) is 83.8 cm³/mol. The van der Waals surface area contributed by atoms with Crippen molar-refractivity contribution < 1.29 is 9.53 Å². The largest absolute Gasteiger partial charge is 0.383 e. The Morgan fingerprint density at radius 1 is 1.33 bits per heavy atom. The van der Waals surface area contributed by atoms with Gasteiger partial charge in [-0.2, -0.15) is 0 Å². The van der Waals surface area contributed by atoms with E-state index in [2.05, 4.69) is 15.6 Å². The molecule has 2 aromatic rings. The lowest BCUT2D eigenvalue weighted by Crippen LogP contribution is -2.33. The number of fused-ring (bicyclic) bond motifs is 1. The fourth-order valence-electron chi connectivity index (χ4n) is 1.99. The zero-order valence-corrected chi connectivity index (χ0v) is 12.6. The molecule has 5 nitrogen and oxygen atoms in total. The van der Waals surface area contributed by atoms with Gasteiger partial charge in [-0.15, -0.1) is 0 Å². The van der Waals surface area contributed by atoms with Gasteiger partial charge in [0.2, 0.25) is 0 Å². The van der Waals surface area contributed by atoms with Gasteiger partial charge in [-0.1, -0.05) is 17.7 Å². The minimum Gasteiger partial charge on any atom is -0.383 e. The first kappa shape index (κ1) is 15.7. The number of rotatable bonds is 7. The van der Waals surface area contributed by atoms with Crippen LogP contribution in [0.5, 0.6) is 0 Å². The molecule has 0 aliphatic rings. The van der Waals surface area contributed by atoms with E-state index in [1.807, 2.05) is 12.1 Å². The molecule has 2 N–H and O–H groups in total. The van der Waals surface area contributed by atoms with Crippen LogP contribution in [-0.2, 0) is 4.74 Å². The van der Waals surface area contributed by atoms with E-state index in [0.29, 0.717) is 35.8 Å². The Kier molecular flexibility index (Phi) is 5.92. The number of aromatic nitrogens is 1. The third-order valence-corrected chi connectivity index (χ3v) is 3.20. The summed E-state index contributed by atoms with van der Waals surface area (Å²) in [6.07, 6.45) is 1.67. The van der Waals surface area contributed by atoms with Gasteiger partial charge < -0.3 is 15.4 Å². The molecule has 0 bridgehead atoms. The Morgan fingerprint density at radius 3 is 3.00 bits per heavy atom. The average Bonchev–Trinajstić information content (AvgIpc) is 2.49. The summed E-state index contributed by atoms with van der Waals surface area (Å²) in [6, 6.07) is 7.15. The Bertz CT molecular complexity index is 619. The molecule has 6 heteroatoms. The van der Waals surface area contributed by atoms with E-state index in [1.54, 1.807) is 25.4 Å². The molecule has 0 unspecified atom stereocenters. The van der Waals surface area contributed by atoms with Crippen molar-refractivity contribution in [3.05, 3.63) is 41.0 Å². The number of nitrogens with one attached hydrogen (secondary N) is 2. The highest BCUT2D eigenvalue weighted by Crippen LogP contribution is 2.22. The lowest BCUT2D eigenvalue weighted by Gasteiger charge is -2.09. The maximum Gasteiger partial charge on any atom is 0.253 e. The number of hydrogen-bond donors (Lipinski definition) is 2. The van der Waals surface area contributed by atoms with Crippen LogP contribution in [0.1, 0.15) is 10.4 Å². The lowest BCUT2D eigenvalue weighted by atomic mass is 10.1. The average molecular weight is 308 g/mol. The van der Waals surface area contributed by atoms with Crippen LogP contribution >= 0.6 is 11.6 Å². The molecule has 1 amide bonds. The van der Waals surface area contributed by atoms with Gasteiger partial charge in [0.05, 0.1) is 17.7 Å². The zero-order chi connectivity index (χ0) is 15.1. The van der Waals surface area contributed by atoms with Gasteiger partial charge in [0.15, 0.2) is 0 Å². The predicted octanol–water partition coefficient (Wildman–Crippen LogP) is 1.85. The van der Waals surface area contributed by atoms with Crippen molar-refractivity contribution in [2.75, 3.05) is 33.4 Å². The van der Waals surface area contributed by atoms with Crippen molar-refractivity contribution in [3.63, 3.8) is 0 Å². The Hall–Kier alpha value is -1.69. The molecule has 0 saturated heterocycles. The van der Waals surface area contributed by atoms with E-state index < -0.39 is 0 Å². The summed E-state index contributed by atoms with van der Waals surface area (Å²) in [4.78, 5) is 16.5. The number of methoxy groups -OCH3 is 1. The molecule has 0 atom stereocenters. The second-order valence-corrected chi connectivity index (χ2v) is 4.96. The topological polar surface area (TPSA) is 63.2 Å². The maximum atomic E-state index is 12.2. The molecule has 0 aliphatic carbocycles. The van der Waals surface area contributed by atoms with Crippen LogP contribution in [0.3, 0.4) is 0 Å². The van der Waals surface area contributed by atoms with Crippen LogP contribution in [0, 0.1) is 0 Å². The van der Waals surface area contributed by atoms with Crippen molar-refractivity contribution in [3.8, 4) is 0 Å². The standard InChI is InChI=1S/C15H18ClN3O2/c1-21-8-7-17-5-6-19-15(20)13-10-12(16)9-11-3-2-4-18-14(11)13/h2-4,9-10,17H,5-8H2,1H3,(H,19,20). The monoisotopic (exact) mass is 307 g/mol. The van der Waals surface area contributed by atoms with Gasteiger partial charge in [0.25, 0.3) is 5.91 Å². The zero-order valence-electron chi connectivity index (χ0n) is 11.9. The van der Waals surface area contributed by atoms with Crippen molar-refractivity contribution in [2.24, 2.45) is 0 Å². The molecule has 21 heavy (non-hydrogen) atoms. The first-order valence-electron chi connectivity index (χ1n) is 6.74. The molecule has 0 fully saturated rings. The molecule has 1 aromatic heterocycles. The molecule has 0 radical (unpaired) electrons. The van der Waals surface area contributed by atoms with E-state index >= 15 is 0 Å². The third kappa shape index (κ3) is 4.39. The quantitative estimate of drug-likeness (QED) is 0.766. The lowest BCUT2D eigenvalue weighted by molar-refractivity contribution is 0.0955. The number of nitrogens with zero attached hydrogens (tertiary/aromatic N) is 1. The maximum absolute atomic E-state index is 12.2. The van der Waals surface area contributed by atoms with Gasteiger partial charge in [-0.05, 0) is 18.2 Å². The van der Waals surface area contributed by atoms with Crippen LogP contribution in [-0.4, -0.2) is 44.2 Å². The van der Waals surface area contributed by atoms with Crippen molar-refractivity contribution in [2.45, 2.75) is 0 Å². The summed E-state index contributed by atoms with van der Waals surface area (Å²) in [6.45, 7) is 2.62. The van der Waals surface area contributed by atoms with E-state index in [0.717, 1.165) is 11.9 Å². The second-order valence-electron chi connectivity index (χ2n) is 4.53. The van der Waals surface area contributed by atoms with Crippen LogP contribution in [0.25, 0.3) is 10.9 Å². The van der Waals surface area contributed by atoms with E-state index in [4.69, 9.17) is 16.3 Å². The highest BCUT2D eigenvalue weighted by atomic mass is 35.5. The highest BCUT2D eigenvalue weighted by Gasteiger charge is 2.11. The van der Waals surface area contributed by atoms with Crippen LogP contribution in [0.2, 0.25) is 5.02 Å². The summed E-state index contributed by atoms with van der Waals surface area (Å²) in [5.74, 6) is -0.172. The van der Waals surface area contributed by atoms with Crippen molar-refractivity contribution >= 4 is 28.4 Å². The van der Waals surface area contributed by atoms with Crippen molar-refractivity contribution in [1.29, 1.82) is 0 Å². The molecule has 0 aliphatic heterocycles. The number of hydrogen-bond acceptors (Lipinski definition) is 4. The number of carbonyl (C=O) groups is 1. The third-order valence-electron chi connectivity index (χ3n) is 2.98. The van der Waals surface area contributed by atoms with Crippen LogP contribution < -0.4 is 10.6 Å². The molecule has 0 spiro atoms. The Labute approximate surface area is 128 Å². The molecule has 1 aromatic carbocycles. The summed E-state index contributed by atoms with van der Waals surface area (Å²) in [5, 5.41) is 7.40. The van der Waals surface area contributed by atoms with Gasteiger partial charge >= 0.3 is 0 Å². The molecular weight excluding hydrogens is 290 g/mol. The molecular formula is C15H18ClN3O2. The second kappa shape index (κ2) is 7.93. The molecule has 1 heterocycles. The van der Waals surface area contributed by atoms with E-state index in [9.17, 15) is 4.79 Å². The SMILES string of the molecule is COCCNCCNC(=O)c1cc(Cl)cc2cccnc12. The fourth-order valence-corrected chi connectivity index (χ4v) is 2.21. The van der Waals surface area contributed by atoms with Crippen LogP contribution in [0.4, 0.5) is 0 Å². The minimum atomic E-state index is -0.172. The van der Waals surface area contributed by atoms with Crippen molar-refractivity contribution in [1.82, 2.24) is 15.6 Å². The number of halogens is 1. The molecule has 112 valence electrons. The smallest absolute Gasteiger partial charge is 0.253 e. The van der Waals surface area contributed by atoms with Gasteiger partial charge in [-0.3, -0.25) is 9.78 Å². The number of carbonyl (C=O) groups excluding carboxylic acids is 1. The van der Waals surface area contributed by atoms with E-state index in [-0.39, 0.29) is 5.91 Å². The van der Waals surface area contributed by atoms with Gasteiger partial charge in [0.1, 0.15) is 0 Å². The van der Waals surface area contributed by atoms with Crippen LogP contribution in [0.15, 0.2) is 30.5 Å². The Balaban J connectivity index is 1.99. The number of pyridine rings is 1. The first-order valence-corrected chi connectivity index (χ1v) is 7.12. The summed E-state index contributed by atoms with van der Waals surface area (Å²) >= 11 is 6.05. The minimum absolute atomic E-state index is 0.172. The van der Waals surface area contributed by atoms with E-state index in [1.165, 1.54) is 0 Å². The fraction of sp³-hybridized carbons (Fsp3) is 0.333. The Morgan fingerprint density at radius 2 is 2.19 bits per heavy atom. The summed E-state index contributed by atoms with van der Waals surface area (Å²) < 4.78 is 4.93. The molecule has 2 rings (SSSR count). The summed E-state index contributed by atoms with van der Waals surface area (Å²) in [5.41, 5.74) is 1.15. The normalized spacial score (nSPS) is 10.8. The number of amides is 1. The van der Waals surface area contributed by atoms with Gasteiger partial charge in [-0.25, -0.2) is 0 Å². The highest BCUT2D eigenvalue weighted by molar-refractivity contribution is 6.32. The number of ether oxygens (including phenoxy) is 1. The first-order chi connectivity index (χ1) is 10.2. The molecule has 0 saturated carbocycles. The number of benzene rings is 1. The van der Waals surface area contributed by atoms with Gasteiger partial charge in [0, 0.05) is 43.3 Å². The summed E-state index contributed by atoms with van der Waals surface area (Å²) in [7, 11) is 1.65.